The molecule has 1 saturated carbocycles. The molecule has 1 fully saturated rings. The van der Waals surface area contributed by atoms with E-state index in [1.165, 1.54) is 6.42 Å². The van der Waals surface area contributed by atoms with Crippen LogP contribution in [0.1, 0.15) is 64.4 Å². The van der Waals surface area contributed by atoms with Crippen molar-refractivity contribution in [1.29, 1.82) is 0 Å². The zero-order valence-corrected chi connectivity index (χ0v) is 17.2. The van der Waals surface area contributed by atoms with E-state index in [2.05, 4.69) is 6.92 Å². The molecule has 1 aromatic carbocycles. The summed E-state index contributed by atoms with van der Waals surface area (Å²) in [6, 6.07) is 7.92. The summed E-state index contributed by atoms with van der Waals surface area (Å²) in [6.07, 6.45) is 10.1. The third-order valence-electron chi connectivity index (χ3n) is 4.95. The lowest BCUT2D eigenvalue weighted by molar-refractivity contribution is -0.144. The minimum atomic E-state index is -0.251. The molecule has 1 aromatic rings. The van der Waals surface area contributed by atoms with E-state index in [4.69, 9.17) is 9.47 Å². The van der Waals surface area contributed by atoms with Crippen LogP contribution in [0.15, 0.2) is 30.3 Å². The van der Waals surface area contributed by atoms with Gasteiger partial charge < -0.3 is 14.4 Å². The molecule has 0 heterocycles. The summed E-state index contributed by atoms with van der Waals surface area (Å²) >= 11 is 0. The minimum absolute atomic E-state index is 0.0542. The molecule has 1 amide bonds. The average molecular weight is 388 g/mol. The van der Waals surface area contributed by atoms with Crippen molar-refractivity contribution < 1.29 is 19.1 Å². The third kappa shape index (κ3) is 7.02. The highest BCUT2D eigenvalue weighted by Crippen LogP contribution is 2.24. The number of rotatable bonds is 10. The van der Waals surface area contributed by atoms with Crippen LogP contribution in [-0.2, 0) is 14.3 Å². The molecule has 28 heavy (non-hydrogen) atoms. The van der Waals surface area contributed by atoms with Crippen LogP contribution in [0.4, 0.5) is 0 Å². The fraction of sp³-hybridized carbons (Fsp3) is 0.565. The van der Waals surface area contributed by atoms with E-state index >= 15 is 0 Å². The number of carbonyl (C=O) groups is 2. The molecule has 0 aliphatic heterocycles. The first-order chi connectivity index (χ1) is 13.7. The van der Waals surface area contributed by atoms with Crippen molar-refractivity contribution in [2.45, 2.75) is 64.8 Å². The first-order valence-electron chi connectivity index (χ1n) is 10.5. The van der Waals surface area contributed by atoms with Gasteiger partial charge in [0.15, 0.2) is 0 Å². The third-order valence-corrected chi connectivity index (χ3v) is 4.95. The van der Waals surface area contributed by atoms with E-state index in [0.29, 0.717) is 19.8 Å². The average Bonchev–Trinajstić information content (AvgIpc) is 2.72. The topological polar surface area (TPSA) is 55.8 Å². The zero-order valence-electron chi connectivity index (χ0n) is 17.2. The Bertz CT molecular complexity index is 650. The van der Waals surface area contributed by atoms with Crippen LogP contribution >= 0.6 is 0 Å². The second-order valence-electron chi connectivity index (χ2n) is 7.10. The van der Waals surface area contributed by atoms with Crippen LogP contribution in [0, 0.1) is 0 Å². The SMILES string of the molecule is CCCOc1ccccc1/C=C/C(=O)N(CCC(=O)OCC)C1CCCCC1. The molecule has 0 saturated heterocycles. The van der Waals surface area contributed by atoms with E-state index in [1.54, 1.807) is 13.0 Å². The summed E-state index contributed by atoms with van der Waals surface area (Å²) in [7, 11) is 0. The molecule has 2 rings (SSSR count). The van der Waals surface area contributed by atoms with Crippen LogP contribution in [0.25, 0.3) is 6.08 Å². The normalized spacial score (nSPS) is 14.8. The number of amides is 1. The number of carbonyl (C=O) groups excluding carboxylic acids is 2. The van der Waals surface area contributed by atoms with E-state index < -0.39 is 0 Å². The maximum atomic E-state index is 13.0. The minimum Gasteiger partial charge on any atom is -0.493 e. The van der Waals surface area contributed by atoms with Crippen molar-refractivity contribution in [3.8, 4) is 5.75 Å². The van der Waals surface area contributed by atoms with Crippen molar-refractivity contribution in [2.75, 3.05) is 19.8 Å². The lowest BCUT2D eigenvalue weighted by atomic mass is 9.94. The highest BCUT2D eigenvalue weighted by atomic mass is 16.5. The smallest absolute Gasteiger partial charge is 0.307 e. The molecule has 154 valence electrons. The first-order valence-corrected chi connectivity index (χ1v) is 10.5. The van der Waals surface area contributed by atoms with Crippen LogP contribution in [0.3, 0.4) is 0 Å². The molecule has 0 unspecified atom stereocenters. The predicted octanol–water partition coefficient (Wildman–Crippen LogP) is 4.60. The Morgan fingerprint density at radius 1 is 1.14 bits per heavy atom. The van der Waals surface area contributed by atoms with Crippen molar-refractivity contribution in [3.63, 3.8) is 0 Å². The number of para-hydroxylation sites is 1. The molecule has 0 aromatic heterocycles. The summed E-state index contributed by atoms with van der Waals surface area (Å²) in [5, 5.41) is 0. The molecule has 1 aliphatic rings. The van der Waals surface area contributed by atoms with Crippen LogP contribution in [-0.4, -0.2) is 42.6 Å². The lowest BCUT2D eigenvalue weighted by Crippen LogP contribution is -2.42. The number of hydrogen-bond acceptors (Lipinski definition) is 4. The first kappa shape index (κ1) is 22.0. The number of nitrogens with zero attached hydrogens (tertiary/aromatic N) is 1. The number of benzene rings is 1. The molecule has 0 spiro atoms. The van der Waals surface area contributed by atoms with Gasteiger partial charge in [0, 0.05) is 24.2 Å². The highest BCUT2D eigenvalue weighted by molar-refractivity contribution is 5.92. The summed E-state index contributed by atoms with van der Waals surface area (Å²) < 4.78 is 10.8. The van der Waals surface area contributed by atoms with Gasteiger partial charge in [-0.05, 0) is 38.3 Å². The lowest BCUT2D eigenvalue weighted by Gasteiger charge is -2.33. The number of esters is 1. The van der Waals surface area contributed by atoms with Crippen molar-refractivity contribution >= 4 is 18.0 Å². The van der Waals surface area contributed by atoms with Gasteiger partial charge in [0.25, 0.3) is 0 Å². The molecule has 0 atom stereocenters. The Hall–Kier alpha value is -2.30. The van der Waals surface area contributed by atoms with E-state index in [9.17, 15) is 9.59 Å². The highest BCUT2D eigenvalue weighted by Gasteiger charge is 2.24. The van der Waals surface area contributed by atoms with Gasteiger partial charge in [-0.25, -0.2) is 0 Å². The van der Waals surface area contributed by atoms with E-state index in [-0.39, 0.29) is 24.3 Å². The molecule has 0 radical (unpaired) electrons. The standard InChI is InChI=1S/C23H33NO4/c1-3-18-28-21-13-9-8-10-19(21)14-15-22(25)24(17-16-23(26)27-4-2)20-11-6-5-7-12-20/h8-10,13-15,20H,3-7,11-12,16-18H2,1-2H3/b15-14+. The summed E-state index contributed by atoms with van der Waals surface area (Å²) in [6.45, 7) is 5.27. The van der Waals surface area contributed by atoms with Crippen LogP contribution in [0.2, 0.25) is 0 Å². The maximum Gasteiger partial charge on any atom is 0.307 e. The molecular weight excluding hydrogens is 354 g/mol. The quantitative estimate of drug-likeness (QED) is 0.435. The Kier molecular flexibility index (Phi) is 9.60. The van der Waals surface area contributed by atoms with Crippen molar-refractivity contribution in [3.05, 3.63) is 35.9 Å². The largest absolute Gasteiger partial charge is 0.493 e. The second-order valence-corrected chi connectivity index (χ2v) is 7.10. The number of hydrogen-bond donors (Lipinski definition) is 0. The molecule has 1 aliphatic carbocycles. The Morgan fingerprint density at radius 2 is 1.89 bits per heavy atom. The molecule has 5 nitrogen and oxygen atoms in total. The van der Waals surface area contributed by atoms with Gasteiger partial charge >= 0.3 is 5.97 Å². The molecule has 5 heteroatoms. The zero-order chi connectivity index (χ0) is 20.2. The van der Waals surface area contributed by atoms with E-state index in [0.717, 1.165) is 43.4 Å². The van der Waals surface area contributed by atoms with Gasteiger partial charge in [-0.15, -0.1) is 0 Å². The predicted molar refractivity (Wildman–Crippen MR) is 111 cm³/mol. The summed E-state index contributed by atoms with van der Waals surface area (Å²) in [5.74, 6) is 0.476. The molecule has 0 N–H and O–H groups in total. The van der Waals surface area contributed by atoms with Gasteiger partial charge in [-0.2, -0.15) is 0 Å². The molecular formula is C23H33NO4. The monoisotopic (exact) mass is 387 g/mol. The summed E-state index contributed by atoms with van der Waals surface area (Å²) in [4.78, 5) is 26.6. The Labute approximate surface area is 168 Å². The van der Waals surface area contributed by atoms with Crippen molar-refractivity contribution in [2.24, 2.45) is 0 Å². The van der Waals surface area contributed by atoms with Crippen LogP contribution < -0.4 is 4.74 Å². The Morgan fingerprint density at radius 3 is 2.61 bits per heavy atom. The molecule has 0 bridgehead atoms. The van der Waals surface area contributed by atoms with Crippen LogP contribution in [0.5, 0.6) is 5.75 Å². The number of ether oxygens (including phenoxy) is 2. The maximum absolute atomic E-state index is 13.0. The van der Waals surface area contributed by atoms with Gasteiger partial charge in [0.1, 0.15) is 5.75 Å². The van der Waals surface area contributed by atoms with Gasteiger partial charge in [0.05, 0.1) is 19.6 Å². The Balaban J connectivity index is 2.08. The van der Waals surface area contributed by atoms with Crippen molar-refractivity contribution in [1.82, 2.24) is 4.90 Å². The van der Waals surface area contributed by atoms with E-state index in [1.807, 2.05) is 35.2 Å². The van der Waals surface area contributed by atoms with Gasteiger partial charge in [0.2, 0.25) is 5.91 Å². The van der Waals surface area contributed by atoms with Gasteiger partial charge in [-0.3, -0.25) is 9.59 Å². The van der Waals surface area contributed by atoms with Gasteiger partial charge in [-0.1, -0.05) is 44.4 Å². The fourth-order valence-corrected chi connectivity index (χ4v) is 3.53. The second kappa shape index (κ2) is 12.2. The summed E-state index contributed by atoms with van der Waals surface area (Å²) in [5.41, 5.74) is 0.887. The fourth-order valence-electron chi connectivity index (χ4n) is 3.53.